The molecule has 22 heavy (non-hydrogen) atoms. The standard InChI is InChI=1S/C17H23N3OS/c1-3-17(18,4-2)12-19-16(21)14-11-22-15(20-14)10-13-8-6-5-7-9-13/h5-9,11H,3-4,10,12,18H2,1-2H3,(H,19,21). The maximum Gasteiger partial charge on any atom is 0.270 e. The molecule has 1 heterocycles. The molecule has 2 aromatic rings. The molecule has 1 amide bonds. The van der Waals surface area contributed by atoms with Gasteiger partial charge in [-0.05, 0) is 18.4 Å². The van der Waals surface area contributed by atoms with Crippen molar-refractivity contribution in [1.82, 2.24) is 10.3 Å². The predicted octanol–water partition coefficient (Wildman–Crippen LogP) is 2.98. The number of nitrogens with one attached hydrogen (secondary N) is 1. The molecule has 1 aromatic heterocycles. The zero-order valence-corrected chi connectivity index (χ0v) is 14.0. The van der Waals surface area contributed by atoms with Crippen molar-refractivity contribution in [2.75, 3.05) is 6.54 Å². The first-order chi connectivity index (χ1) is 10.6. The molecule has 0 saturated carbocycles. The van der Waals surface area contributed by atoms with Crippen LogP contribution in [-0.4, -0.2) is 23.0 Å². The Morgan fingerprint density at radius 1 is 1.27 bits per heavy atom. The Morgan fingerprint density at radius 3 is 2.59 bits per heavy atom. The van der Waals surface area contributed by atoms with Crippen molar-refractivity contribution in [2.45, 2.75) is 38.6 Å². The van der Waals surface area contributed by atoms with E-state index in [2.05, 4.69) is 22.4 Å². The van der Waals surface area contributed by atoms with Crippen molar-refractivity contribution in [3.63, 3.8) is 0 Å². The Morgan fingerprint density at radius 2 is 1.95 bits per heavy atom. The Kier molecular flexibility index (Phi) is 5.69. The van der Waals surface area contributed by atoms with Gasteiger partial charge in [-0.2, -0.15) is 0 Å². The minimum absolute atomic E-state index is 0.146. The van der Waals surface area contributed by atoms with Gasteiger partial charge < -0.3 is 11.1 Å². The van der Waals surface area contributed by atoms with Crippen LogP contribution >= 0.6 is 11.3 Å². The summed E-state index contributed by atoms with van der Waals surface area (Å²) in [5, 5.41) is 5.65. The van der Waals surface area contributed by atoms with E-state index in [-0.39, 0.29) is 11.4 Å². The molecular formula is C17H23N3OS. The third kappa shape index (κ3) is 4.39. The topological polar surface area (TPSA) is 68.0 Å². The van der Waals surface area contributed by atoms with Gasteiger partial charge in [-0.3, -0.25) is 4.79 Å². The van der Waals surface area contributed by atoms with Crippen LogP contribution in [0.2, 0.25) is 0 Å². The minimum atomic E-state index is -0.335. The highest BCUT2D eigenvalue weighted by atomic mass is 32.1. The zero-order valence-electron chi connectivity index (χ0n) is 13.1. The quantitative estimate of drug-likeness (QED) is 0.825. The molecule has 4 nitrogen and oxygen atoms in total. The summed E-state index contributed by atoms with van der Waals surface area (Å²) in [6.07, 6.45) is 2.42. The number of rotatable bonds is 7. The lowest BCUT2D eigenvalue weighted by molar-refractivity contribution is 0.0937. The van der Waals surface area contributed by atoms with Crippen molar-refractivity contribution >= 4 is 17.2 Å². The number of benzene rings is 1. The van der Waals surface area contributed by atoms with E-state index in [1.165, 1.54) is 16.9 Å². The highest BCUT2D eigenvalue weighted by molar-refractivity contribution is 7.09. The molecule has 3 N–H and O–H groups in total. The average molecular weight is 317 g/mol. The van der Waals surface area contributed by atoms with Crippen LogP contribution in [0.4, 0.5) is 0 Å². The fourth-order valence-corrected chi connectivity index (χ4v) is 2.92. The summed E-state index contributed by atoms with van der Waals surface area (Å²) in [6.45, 7) is 4.55. The summed E-state index contributed by atoms with van der Waals surface area (Å²) in [5.74, 6) is -0.146. The van der Waals surface area contributed by atoms with Crippen molar-refractivity contribution in [3.05, 3.63) is 52.0 Å². The van der Waals surface area contributed by atoms with E-state index in [9.17, 15) is 4.79 Å². The lowest BCUT2D eigenvalue weighted by Gasteiger charge is -2.26. The van der Waals surface area contributed by atoms with E-state index in [1.54, 1.807) is 0 Å². The van der Waals surface area contributed by atoms with Gasteiger partial charge in [0.1, 0.15) is 5.69 Å². The van der Waals surface area contributed by atoms with Crippen LogP contribution in [0.3, 0.4) is 0 Å². The number of carbonyl (C=O) groups is 1. The first kappa shape index (κ1) is 16.6. The third-order valence-corrected chi connectivity index (χ3v) is 4.84. The van der Waals surface area contributed by atoms with Gasteiger partial charge in [0.05, 0.1) is 5.01 Å². The van der Waals surface area contributed by atoms with Gasteiger partial charge in [0.2, 0.25) is 0 Å². The second-order valence-electron chi connectivity index (χ2n) is 5.54. The summed E-state index contributed by atoms with van der Waals surface area (Å²) in [5.41, 5.74) is 7.54. The first-order valence-corrected chi connectivity index (χ1v) is 8.49. The van der Waals surface area contributed by atoms with E-state index in [4.69, 9.17) is 5.73 Å². The van der Waals surface area contributed by atoms with E-state index in [0.29, 0.717) is 12.2 Å². The Bertz CT molecular complexity index is 605. The van der Waals surface area contributed by atoms with Gasteiger partial charge in [0.25, 0.3) is 5.91 Å². The molecule has 2 rings (SSSR count). The number of carbonyl (C=O) groups excluding carboxylic acids is 1. The monoisotopic (exact) mass is 317 g/mol. The van der Waals surface area contributed by atoms with Crippen LogP contribution in [0, 0.1) is 0 Å². The van der Waals surface area contributed by atoms with Crippen molar-refractivity contribution in [3.8, 4) is 0 Å². The van der Waals surface area contributed by atoms with Crippen molar-refractivity contribution < 1.29 is 4.79 Å². The van der Waals surface area contributed by atoms with Crippen molar-refractivity contribution in [2.24, 2.45) is 5.73 Å². The average Bonchev–Trinajstić information content (AvgIpc) is 3.02. The predicted molar refractivity (Wildman–Crippen MR) is 91.2 cm³/mol. The SMILES string of the molecule is CCC(N)(CC)CNC(=O)c1csc(Cc2ccccc2)n1. The second kappa shape index (κ2) is 7.51. The van der Waals surface area contributed by atoms with Crippen LogP contribution in [0.25, 0.3) is 0 Å². The number of aromatic nitrogens is 1. The number of nitrogens with two attached hydrogens (primary N) is 1. The molecule has 5 heteroatoms. The highest BCUT2D eigenvalue weighted by Gasteiger charge is 2.21. The number of nitrogens with zero attached hydrogens (tertiary/aromatic N) is 1. The van der Waals surface area contributed by atoms with E-state index >= 15 is 0 Å². The molecule has 0 radical (unpaired) electrons. The van der Waals surface area contributed by atoms with Gasteiger partial charge in [0.15, 0.2) is 0 Å². The van der Waals surface area contributed by atoms with Crippen LogP contribution < -0.4 is 11.1 Å². The first-order valence-electron chi connectivity index (χ1n) is 7.61. The van der Waals surface area contributed by atoms with Gasteiger partial charge >= 0.3 is 0 Å². The molecule has 0 fully saturated rings. The molecule has 1 aromatic carbocycles. The lowest BCUT2D eigenvalue weighted by atomic mass is 9.94. The van der Waals surface area contributed by atoms with E-state index < -0.39 is 0 Å². The maximum absolute atomic E-state index is 12.2. The lowest BCUT2D eigenvalue weighted by Crippen LogP contribution is -2.49. The third-order valence-electron chi connectivity index (χ3n) is 3.99. The molecule has 118 valence electrons. The number of thiazole rings is 1. The fourth-order valence-electron chi connectivity index (χ4n) is 2.11. The normalized spacial score (nSPS) is 11.4. The number of amides is 1. The molecule has 0 saturated heterocycles. The van der Waals surface area contributed by atoms with Crippen molar-refractivity contribution in [1.29, 1.82) is 0 Å². The van der Waals surface area contributed by atoms with Crippen LogP contribution in [0.1, 0.15) is 47.7 Å². The highest BCUT2D eigenvalue weighted by Crippen LogP contribution is 2.15. The summed E-state index contributed by atoms with van der Waals surface area (Å²) in [6, 6.07) is 10.1. The molecule has 0 aliphatic rings. The number of hydrogen-bond donors (Lipinski definition) is 2. The molecular weight excluding hydrogens is 294 g/mol. The second-order valence-corrected chi connectivity index (χ2v) is 6.48. The molecule has 0 bridgehead atoms. The Labute approximate surface area is 135 Å². The molecule has 0 atom stereocenters. The molecule has 0 aliphatic carbocycles. The maximum atomic E-state index is 12.2. The zero-order chi connectivity index (χ0) is 16.0. The summed E-state index contributed by atoms with van der Waals surface area (Å²) >= 11 is 1.51. The molecule has 0 unspecified atom stereocenters. The van der Waals surface area contributed by atoms with E-state index in [0.717, 1.165) is 24.3 Å². The molecule has 0 spiro atoms. The molecule has 0 aliphatic heterocycles. The smallest absolute Gasteiger partial charge is 0.270 e. The number of hydrogen-bond acceptors (Lipinski definition) is 4. The minimum Gasteiger partial charge on any atom is -0.349 e. The Balaban J connectivity index is 1.95. The van der Waals surface area contributed by atoms with Gasteiger partial charge in [0, 0.05) is 23.9 Å². The van der Waals surface area contributed by atoms with Crippen LogP contribution in [0.5, 0.6) is 0 Å². The van der Waals surface area contributed by atoms with Gasteiger partial charge in [-0.15, -0.1) is 11.3 Å². The summed E-state index contributed by atoms with van der Waals surface area (Å²) in [7, 11) is 0. The fraction of sp³-hybridized carbons (Fsp3) is 0.412. The Hall–Kier alpha value is -1.72. The van der Waals surface area contributed by atoms with Crippen LogP contribution in [-0.2, 0) is 6.42 Å². The largest absolute Gasteiger partial charge is 0.349 e. The van der Waals surface area contributed by atoms with Crippen LogP contribution in [0.15, 0.2) is 35.7 Å². The van der Waals surface area contributed by atoms with Gasteiger partial charge in [-0.1, -0.05) is 44.2 Å². The summed E-state index contributed by atoms with van der Waals surface area (Å²) in [4.78, 5) is 16.6. The van der Waals surface area contributed by atoms with Gasteiger partial charge in [-0.25, -0.2) is 4.98 Å². The van der Waals surface area contributed by atoms with E-state index in [1.807, 2.05) is 37.4 Å². The summed E-state index contributed by atoms with van der Waals surface area (Å²) < 4.78 is 0.